The average Bonchev–Trinajstić information content (AvgIpc) is 2.39. The third kappa shape index (κ3) is 3.68. The van der Waals surface area contributed by atoms with Gasteiger partial charge >= 0.3 is 0 Å². The van der Waals surface area contributed by atoms with Crippen molar-refractivity contribution in [2.75, 3.05) is 19.8 Å². The van der Waals surface area contributed by atoms with E-state index >= 15 is 0 Å². The van der Waals surface area contributed by atoms with Gasteiger partial charge in [0.15, 0.2) is 0 Å². The maximum absolute atomic E-state index is 12.7. The molecule has 0 saturated carbocycles. The Morgan fingerprint density at radius 3 is 2.65 bits per heavy atom. The maximum atomic E-state index is 12.7. The van der Waals surface area contributed by atoms with Crippen LogP contribution in [0.2, 0.25) is 0 Å². The molecule has 0 aliphatic carbocycles. The average molecular weight is 239 g/mol. The minimum atomic E-state index is -0.253. The Hall–Kier alpha value is -1.13. The number of hydrogen-bond donors (Lipinski definition) is 1. The molecule has 0 spiro atoms. The van der Waals surface area contributed by atoms with Gasteiger partial charge < -0.3 is 15.2 Å². The monoisotopic (exact) mass is 239 g/mol. The number of ether oxygens (including phenoxy) is 2. The van der Waals surface area contributed by atoms with Gasteiger partial charge in [-0.25, -0.2) is 4.39 Å². The summed E-state index contributed by atoms with van der Waals surface area (Å²) in [6, 6.07) is 6.03. The Balaban J connectivity index is 1.74. The van der Waals surface area contributed by atoms with Crippen LogP contribution in [0.3, 0.4) is 0 Å². The summed E-state index contributed by atoms with van der Waals surface area (Å²) in [5.41, 5.74) is 5.58. The van der Waals surface area contributed by atoms with Gasteiger partial charge in [-0.05, 0) is 49.6 Å². The molecule has 0 bridgehead atoms. The molecule has 0 radical (unpaired) electrons. The Kier molecular flexibility index (Phi) is 4.34. The number of halogens is 1. The molecule has 1 aliphatic rings. The van der Waals surface area contributed by atoms with Crippen LogP contribution in [0.5, 0.6) is 5.75 Å². The lowest BCUT2D eigenvalue weighted by Gasteiger charge is -2.28. The molecule has 1 aromatic rings. The highest BCUT2D eigenvalue weighted by atomic mass is 19.1. The SMILES string of the molecule is NC[C@H]1CC[C@@H](COc2ccc(F)cc2)OC1. The van der Waals surface area contributed by atoms with Gasteiger partial charge in [-0.3, -0.25) is 0 Å². The first-order valence-corrected chi connectivity index (χ1v) is 5.98. The van der Waals surface area contributed by atoms with E-state index in [0.717, 1.165) is 12.8 Å². The molecule has 94 valence electrons. The molecule has 3 nitrogen and oxygen atoms in total. The lowest BCUT2D eigenvalue weighted by Crippen LogP contribution is -2.33. The van der Waals surface area contributed by atoms with Gasteiger partial charge in [0.1, 0.15) is 18.2 Å². The standard InChI is InChI=1S/C13H18FNO2/c14-11-2-5-12(6-3-11)17-9-13-4-1-10(7-15)8-16-13/h2-3,5-6,10,13H,1,4,7-9,15H2/t10-,13+/m1/s1. The van der Waals surface area contributed by atoms with E-state index in [9.17, 15) is 4.39 Å². The van der Waals surface area contributed by atoms with Crippen LogP contribution in [-0.2, 0) is 4.74 Å². The molecule has 2 atom stereocenters. The van der Waals surface area contributed by atoms with Gasteiger partial charge in [0, 0.05) is 0 Å². The number of nitrogens with two attached hydrogens (primary N) is 1. The second-order valence-electron chi connectivity index (χ2n) is 4.40. The van der Waals surface area contributed by atoms with E-state index < -0.39 is 0 Å². The Morgan fingerprint density at radius 2 is 2.06 bits per heavy atom. The summed E-state index contributed by atoms with van der Waals surface area (Å²) >= 11 is 0. The van der Waals surface area contributed by atoms with Crippen molar-refractivity contribution in [1.82, 2.24) is 0 Å². The van der Waals surface area contributed by atoms with Crippen molar-refractivity contribution in [3.8, 4) is 5.75 Å². The largest absolute Gasteiger partial charge is 0.491 e. The van der Waals surface area contributed by atoms with Crippen LogP contribution in [0.15, 0.2) is 24.3 Å². The fourth-order valence-electron chi connectivity index (χ4n) is 1.90. The van der Waals surface area contributed by atoms with Crippen LogP contribution < -0.4 is 10.5 Å². The lowest BCUT2D eigenvalue weighted by molar-refractivity contribution is -0.0353. The normalized spacial score (nSPS) is 24.6. The fourth-order valence-corrected chi connectivity index (χ4v) is 1.90. The smallest absolute Gasteiger partial charge is 0.123 e. The zero-order chi connectivity index (χ0) is 12.1. The predicted octanol–water partition coefficient (Wildman–Crippen LogP) is 1.96. The van der Waals surface area contributed by atoms with Crippen LogP contribution in [0.25, 0.3) is 0 Å². The zero-order valence-corrected chi connectivity index (χ0v) is 9.77. The number of hydrogen-bond acceptors (Lipinski definition) is 3. The molecule has 0 unspecified atom stereocenters. The van der Waals surface area contributed by atoms with Crippen LogP contribution >= 0.6 is 0 Å². The first-order chi connectivity index (χ1) is 8.28. The molecule has 2 N–H and O–H groups in total. The minimum absolute atomic E-state index is 0.128. The van der Waals surface area contributed by atoms with Crippen molar-refractivity contribution in [3.63, 3.8) is 0 Å². The Bertz CT molecular complexity index is 334. The fraction of sp³-hybridized carbons (Fsp3) is 0.538. The summed E-state index contributed by atoms with van der Waals surface area (Å²) < 4.78 is 23.9. The van der Waals surface area contributed by atoms with E-state index in [1.807, 2.05) is 0 Å². The van der Waals surface area contributed by atoms with Gasteiger partial charge in [-0.15, -0.1) is 0 Å². The highest BCUT2D eigenvalue weighted by Gasteiger charge is 2.21. The van der Waals surface area contributed by atoms with Crippen LogP contribution in [0, 0.1) is 11.7 Å². The molecule has 4 heteroatoms. The first-order valence-electron chi connectivity index (χ1n) is 5.98. The van der Waals surface area contributed by atoms with Gasteiger partial charge in [0.2, 0.25) is 0 Å². The molecule has 0 aromatic heterocycles. The van der Waals surface area contributed by atoms with Crippen molar-refractivity contribution in [2.24, 2.45) is 11.7 Å². The van der Waals surface area contributed by atoms with Crippen LogP contribution in [0.1, 0.15) is 12.8 Å². The Labute approximate surface area is 101 Å². The highest BCUT2D eigenvalue weighted by molar-refractivity contribution is 5.22. The van der Waals surface area contributed by atoms with E-state index in [2.05, 4.69) is 0 Å². The van der Waals surface area contributed by atoms with E-state index in [4.69, 9.17) is 15.2 Å². The summed E-state index contributed by atoms with van der Waals surface area (Å²) in [6.45, 7) is 1.92. The predicted molar refractivity (Wildman–Crippen MR) is 63.4 cm³/mol. The second kappa shape index (κ2) is 5.98. The quantitative estimate of drug-likeness (QED) is 0.873. The highest BCUT2D eigenvalue weighted by Crippen LogP contribution is 2.19. The van der Waals surface area contributed by atoms with Crippen molar-refractivity contribution in [2.45, 2.75) is 18.9 Å². The van der Waals surface area contributed by atoms with Crippen LogP contribution in [0.4, 0.5) is 4.39 Å². The summed E-state index contributed by atoms with van der Waals surface area (Å²) in [5.74, 6) is 0.907. The van der Waals surface area contributed by atoms with Crippen molar-refractivity contribution in [3.05, 3.63) is 30.1 Å². The number of benzene rings is 1. The molecule has 1 aliphatic heterocycles. The third-order valence-corrected chi connectivity index (χ3v) is 3.05. The summed E-state index contributed by atoms with van der Waals surface area (Å²) in [7, 11) is 0. The minimum Gasteiger partial charge on any atom is -0.491 e. The molecular weight excluding hydrogens is 221 g/mol. The summed E-state index contributed by atoms with van der Waals surface area (Å²) in [5, 5.41) is 0. The molecule has 1 aromatic carbocycles. The van der Waals surface area contributed by atoms with Gasteiger partial charge in [0.25, 0.3) is 0 Å². The maximum Gasteiger partial charge on any atom is 0.123 e. The third-order valence-electron chi connectivity index (χ3n) is 3.05. The molecule has 1 fully saturated rings. The lowest BCUT2D eigenvalue weighted by atomic mass is 9.99. The molecule has 1 saturated heterocycles. The molecule has 1 heterocycles. The van der Waals surface area contributed by atoms with E-state index in [0.29, 0.717) is 31.4 Å². The summed E-state index contributed by atoms with van der Waals surface area (Å²) in [6.07, 6.45) is 2.19. The number of rotatable bonds is 4. The van der Waals surface area contributed by atoms with Gasteiger partial charge in [-0.2, -0.15) is 0 Å². The van der Waals surface area contributed by atoms with E-state index in [1.165, 1.54) is 12.1 Å². The topological polar surface area (TPSA) is 44.5 Å². The molecular formula is C13H18FNO2. The first kappa shape index (κ1) is 12.3. The zero-order valence-electron chi connectivity index (χ0n) is 9.77. The van der Waals surface area contributed by atoms with E-state index in [1.54, 1.807) is 12.1 Å². The van der Waals surface area contributed by atoms with Gasteiger partial charge in [-0.1, -0.05) is 0 Å². The van der Waals surface area contributed by atoms with Crippen molar-refractivity contribution >= 4 is 0 Å². The molecule has 17 heavy (non-hydrogen) atoms. The van der Waals surface area contributed by atoms with Gasteiger partial charge in [0.05, 0.1) is 12.7 Å². The molecule has 2 rings (SSSR count). The van der Waals surface area contributed by atoms with Crippen LogP contribution in [-0.4, -0.2) is 25.9 Å². The van der Waals surface area contributed by atoms with E-state index in [-0.39, 0.29) is 11.9 Å². The molecule has 0 amide bonds. The second-order valence-corrected chi connectivity index (χ2v) is 4.40. The Morgan fingerprint density at radius 1 is 1.29 bits per heavy atom. The van der Waals surface area contributed by atoms with Crippen molar-refractivity contribution in [1.29, 1.82) is 0 Å². The summed E-state index contributed by atoms with van der Waals surface area (Å²) in [4.78, 5) is 0. The van der Waals surface area contributed by atoms with Crippen molar-refractivity contribution < 1.29 is 13.9 Å².